The molecule has 0 aliphatic heterocycles. The van der Waals surface area contributed by atoms with E-state index in [0.717, 1.165) is 25.7 Å². The van der Waals surface area contributed by atoms with Crippen molar-refractivity contribution < 1.29 is 14.9 Å². The minimum absolute atomic E-state index is 0.180. The SMILES string of the molecule is COC1CCCCCC(O)C1O. The Bertz CT molecular complexity index is 127. The van der Waals surface area contributed by atoms with Gasteiger partial charge in [0.15, 0.2) is 0 Å². The van der Waals surface area contributed by atoms with E-state index in [1.807, 2.05) is 0 Å². The first kappa shape index (κ1) is 9.96. The van der Waals surface area contributed by atoms with Gasteiger partial charge in [-0.05, 0) is 12.8 Å². The summed E-state index contributed by atoms with van der Waals surface area (Å²) in [7, 11) is 1.59. The molecular weight excluding hydrogens is 156 g/mol. The van der Waals surface area contributed by atoms with Crippen LogP contribution in [0.25, 0.3) is 0 Å². The number of hydrogen-bond donors (Lipinski definition) is 2. The van der Waals surface area contributed by atoms with E-state index in [1.165, 1.54) is 0 Å². The molecule has 3 nitrogen and oxygen atoms in total. The maximum atomic E-state index is 9.57. The Hall–Kier alpha value is -0.120. The first-order chi connectivity index (χ1) is 5.75. The Kier molecular flexibility index (Phi) is 3.98. The van der Waals surface area contributed by atoms with Gasteiger partial charge in [0.1, 0.15) is 6.10 Å². The largest absolute Gasteiger partial charge is 0.390 e. The quantitative estimate of drug-likeness (QED) is 0.615. The zero-order valence-electron chi connectivity index (χ0n) is 7.57. The second kappa shape index (κ2) is 4.80. The third-order valence-electron chi connectivity index (χ3n) is 2.57. The molecule has 0 heterocycles. The number of methoxy groups -OCH3 is 1. The summed E-state index contributed by atoms with van der Waals surface area (Å²) in [5.74, 6) is 0. The Morgan fingerprint density at radius 3 is 2.42 bits per heavy atom. The van der Waals surface area contributed by atoms with E-state index in [2.05, 4.69) is 0 Å². The van der Waals surface area contributed by atoms with Crippen LogP contribution in [0.3, 0.4) is 0 Å². The van der Waals surface area contributed by atoms with E-state index < -0.39 is 12.2 Å². The lowest BCUT2D eigenvalue weighted by atomic mass is 9.94. The number of aliphatic hydroxyl groups excluding tert-OH is 2. The monoisotopic (exact) mass is 174 g/mol. The number of hydrogen-bond acceptors (Lipinski definition) is 3. The molecule has 0 aromatic heterocycles. The molecule has 0 saturated heterocycles. The summed E-state index contributed by atoms with van der Waals surface area (Å²) in [6.45, 7) is 0. The highest BCUT2D eigenvalue weighted by Crippen LogP contribution is 2.19. The molecule has 1 aliphatic carbocycles. The van der Waals surface area contributed by atoms with Crippen molar-refractivity contribution in [3.8, 4) is 0 Å². The first-order valence-corrected chi connectivity index (χ1v) is 4.64. The summed E-state index contributed by atoms with van der Waals surface area (Å²) >= 11 is 0. The fourth-order valence-electron chi connectivity index (χ4n) is 1.72. The van der Waals surface area contributed by atoms with Crippen LogP contribution in [-0.4, -0.2) is 35.6 Å². The van der Waals surface area contributed by atoms with Crippen molar-refractivity contribution in [2.75, 3.05) is 7.11 Å². The van der Waals surface area contributed by atoms with E-state index in [-0.39, 0.29) is 6.10 Å². The second-order valence-electron chi connectivity index (χ2n) is 3.47. The zero-order valence-corrected chi connectivity index (χ0v) is 7.57. The van der Waals surface area contributed by atoms with Gasteiger partial charge in [-0.25, -0.2) is 0 Å². The molecule has 0 aromatic carbocycles. The highest BCUT2D eigenvalue weighted by Gasteiger charge is 2.27. The molecule has 0 amide bonds. The summed E-state index contributed by atoms with van der Waals surface area (Å²) in [5, 5.41) is 19.0. The minimum Gasteiger partial charge on any atom is -0.390 e. The van der Waals surface area contributed by atoms with E-state index in [4.69, 9.17) is 4.74 Å². The van der Waals surface area contributed by atoms with Gasteiger partial charge in [-0.15, -0.1) is 0 Å². The number of aliphatic hydroxyl groups is 2. The Balaban J connectivity index is 2.47. The molecule has 1 rings (SSSR count). The predicted octanol–water partition coefficient (Wildman–Crippen LogP) is 0.687. The van der Waals surface area contributed by atoms with Crippen LogP contribution in [0.5, 0.6) is 0 Å². The highest BCUT2D eigenvalue weighted by molar-refractivity contribution is 4.78. The van der Waals surface area contributed by atoms with Gasteiger partial charge in [0, 0.05) is 7.11 Å². The molecule has 2 N–H and O–H groups in total. The van der Waals surface area contributed by atoms with Crippen molar-refractivity contribution >= 4 is 0 Å². The number of rotatable bonds is 1. The normalized spacial score (nSPS) is 38.8. The fourth-order valence-corrected chi connectivity index (χ4v) is 1.72. The van der Waals surface area contributed by atoms with Crippen LogP contribution in [-0.2, 0) is 4.74 Å². The topological polar surface area (TPSA) is 49.7 Å². The second-order valence-corrected chi connectivity index (χ2v) is 3.47. The molecular formula is C9H18O3. The van der Waals surface area contributed by atoms with Gasteiger partial charge < -0.3 is 14.9 Å². The van der Waals surface area contributed by atoms with Gasteiger partial charge in [0.05, 0.1) is 12.2 Å². The average Bonchev–Trinajstić information content (AvgIpc) is 2.07. The molecule has 3 heteroatoms. The van der Waals surface area contributed by atoms with Gasteiger partial charge in [-0.3, -0.25) is 0 Å². The Labute approximate surface area is 73.4 Å². The molecule has 0 bridgehead atoms. The van der Waals surface area contributed by atoms with E-state index >= 15 is 0 Å². The fraction of sp³-hybridized carbons (Fsp3) is 1.00. The van der Waals surface area contributed by atoms with Crippen LogP contribution in [0.4, 0.5) is 0 Å². The standard InChI is InChI=1S/C9H18O3/c1-12-8-6-4-2-3-5-7(10)9(8)11/h7-11H,2-6H2,1H3. The Morgan fingerprint density at radius 1 is 1.08 bits per heavy atom. The highest BCUT2D eigenvalue weighted by atomic mass is 16.5. The summed E-state index contributed by atoms with van der Waals surface area (Å²) in [5.41, 5.74) is 0. The minimum atomic E-state index is -0.699. The predicted molar refractivity (Wildman–Crippen MR) is 45.9 cm³/mol. The maximum Gasteiger partial charge on any atom is 0.106 e. The molecule has 12 heavy (non-hydrogen) atoms. The molecule has 1 fully saturated rings. The summed E-state index contributed by atoms with van der Waals surface area (Å²) in [6, 6.07) is 0. The summed E-state index contributed by atoms with van der Waals surface area (Å²) < 4.78 is 5.10. The maximum absolute atomic E-state index is 9.57. The molecule has 72 valence electrons. The first-order valence-electron chi connectivity index (χ1n) is 4.64. The van der Waals surface area contributed by atoms with Crippen molar-refractivity contribution in [2.24, 2.45) is 0 Å². The van der Waals surface area contributed by atoms with Gasteiger partial charge >= 0.3 is 0 Å². The molecule has 1 saturated carbocycles. The van der Waals surface area contributed by atoms with Gasteiger partial charge in [-0.2, -0.15) is 0 Å². The van der Waals surface area contributed by atoms with E-state index in [9.17, 15) is 10.2 Å². The van der Waals surface area contributed by atoms with Crippen molar-refractivity contribution in [3.63, 3.8) is 0 Å². The third-order valence-corrected chi connectivity index (χ3v) is 2.57. The molecule has 0 spiro atoms. The molecule has 3 atom stereocenters. The van der Waals surface area contributed by atoms with Crippen molar-refractivity contribution in [1.29, 1.82) is 0 Å². The van der Waals surface area contributed by atoms with E-state index in [0.29, 0.717) is 6.42 Å². The van der Waals surface area contributed by atoms with Crippen LogP contribution < -0.4 is 0 Å². The van der Waals surface area contributed by atoms with Gasteiger partial charge in [-0.1, -0.05) is 19.3 Å². The third kappa shape index (κ3) is 2.44. The molecule has 0 aromatic rings. The van der Waals surface area contributed by atoms with Crippen LogP contribution in [0.2, 0.25) is 0 Å². The van der Waals surface area contributed by atoms with Gasteiger partial charge in [0.25, 0.3) is 0 Å². The van der Waals surface area contributed by atoms with Crippen LogP contribution in [0.15, 0.2) is 0 Å². The lowest BCUT2D eigenvalue weighted by Gasteiger charge is -2.27. The average molecular weight is 174 g/mol. The van der Waals surface area contributed by atoms with Crippen LogP contribution in [0, 0.1) is 0 Å². The smallest absolute Gasteiger partial charge is 0.106 e. The van der Waals surface area contributed by atoms with Crippen molar-refractivity contribution in [3.05, 3.63) is 0 Å². The van der Waals surface area contributed by atoms with Crippen LogP contribution in [0.1, 0.15) is 32.1 Å². The number of ether oxygens (including phenoxy) is 1. The van der Waals surface area contributed by atoms with E-state index in [1.54, 1.807) is 7.11 Å². The Morgan fingerprint density at radius 2 is 1.75 bits per heavy atom. The van der Waals surface area contributed by atoms with Crippen molar-refractivity contribution in [1.82, 2.24) is 0 Å². The van der Waals surface area contributed by atoms with Crippen molar-refractivity contribution in [2.45, 2.75) is 50.4 Å². The molecule has 0 radical (unpaired) electrons. The summed E-state index contributed by atoms with van der Waals surface area (Å²) in [6.07, 6.45) is 3.29. The zero-order chi connectivity index (χ0) is 8.97. The van der Waals surface area contributed by atoms with Gasteiger partial charge in [0.2, 0.25) is 0 Å². The van der Waals surface area contributed by atoms with Crippen LogP contribution >= 0.6 is 0 Å². The molecule has 1 aliphatic rings. The lowest BCUT2D eigenvalue weighted by Crippen LogP contribution is -2.39. The summed E-state index contributed by atoms with van der Waals surface area (Å²) in [4.78, 5) is 0. The molecule has 3 unspecified atom stereocenters. The lowest BCUT2D eigenvalue weighted by molar-refractivity contribution is -0.0854.